The molecule has 1 aromatic rings. The van der Waals surface area contributed by atoms with E-state index in [-0.39, 0.29) is 5.91 Å². The van der Waals surface area contributed by atoms with E-state index in [2.05, 4.69) is 4.90 Å². The molecule has 0 aliphatic carbocycles. The van der Waals surface area contributed by atoms with Crippen molar-refractivity contribution >= 4 is 15.9 Å². The Morgan fingerprint density at radius 3 is 1.90 bits per heavy atom. The van der Waals surface area contributed by atoms with E-state index in [1.54, 1.807) is 28.6 Å². The second-order valence-corrected chi connectivity index (χ2v) is 10.5. The Balaban J connectivity index is 1.38. The van der Waals surface area contributed by atoms with E-state index < -0.39 is 10.0 Å². The molecule has 0 radical (unpaired) electrons. The van der Waals surface area contributed by atoms with Crippen molar-refractivity contribution in [3.05, 3.63) is 29.8 Å². The lowest BCUT2D eigenvalue weighted by Gasteiger charge is -2.36. The van der Waals surface area contributed by atoms with Gasteiger partial charge in [-0.05, 0) is 75.9 Å². The van der Waals surface area contributed by atoms with E-state index in [1.165, 1.54) is 25.9 Å². The molecular formula is C22H33N3O3S. The molecule has 7 heteroatoms. The van der Waals surface area contributed by atoms with E-state index in [4.69, 9.17) is 0 Å². The van der Waals surface area contributed by atoms with Crippen molar-refractivity contribution in [2.45, 2.75) is 62.3 Å². The minimum absolute atomic E-state index is 0.0172. The molecule has 29 heavy (non-hydrogen) atoms. The van der Waals surface area contributed by atoms with Gasteiger partial charge in [0.25, 0.3) is 5.91 Å². The Kier molecular flexibility index (Phi) is 6.56. The van der Waals surface area contributed by atoms with Crippen LogP contribution in [0.4, 0.5) is 0 Å². The highest BCUT2D eigenvalue weighted by Crippen LogP contribution is 2.24. The summed E-state index contributed by atoms with van der Waals surface area (Å²) in [5.74, 6) is 0.0172. The number of amides is 1. The van der Waals surface area contributed by atoms with Gasteiger partial charge in [-0.2, -0.15) is 4.31 Å². The fourth-order valence-electron chi connectivity index (χ4n) is 4.92. The molecule has 160 valence electrons. The lowest BCUT2D eigenvalue weighted by molar-refractivity contribution is 0.0644. The molecule has 3 heterocycles. The third kappa shape index (κ3) is 4.67. The zero-order valence-electron chi connectivity index (χ0n) is 17.3. The largest absolute Gasteiger partial charge is 0.339 e. The molecular weight excluding hydrogens is 386 g/mol. The quantitative estimate of drug-likeness (QED) is 0.753. The SMILES string of the molecule is O=C(c1ccc(S(=O)(=O)N2CCCCCC2)cc1)N1CCC(N2CCCC2)CC1. The summed E-state index contributed by atoms with van der Waals surface area (Å²) in [6.07, 6.45) is 8.69. The second kappa shape index (κ2) is 9.14. The molecule has 3 saturated heterocycles. The van der Waals surface area contributed by atoms with Crippen LogP contribution in [0.15, 0.2) is 29.2 Å². The van der Waals surface area contributed by atoms with Gasteiger partial charge in [-0.3, -0.25) is 4.79 Å². The van der Waals surface area contributed by atoms with Crippen LogP contribution < -0.4 is 0 Å². The van der Waals surface area contributed by atoms with Crippen LogP contribution in [0.3, 0.4) is 0 Å². The normalized spacial score (nSPS) is 23.2. The molecule has 6 nitrogen and oxygen atoms in total. The van der Waals surface area contributed by atoms with E-state index in [1.807, 2.05) is 4.90 Å². The summed E-state index contributed by atoms with van der Waals surface area (Å²) in [6.45, 7) is 5.16. The van der Waals surface area contributed by atoms with Crippen LogP contribution in [0.5, 0.6) is 0 Å². The Morgan fingerprint density at radius 2 is 1.31 bits per heavy atom. The van der Waals surface area contributed by atoms with Crippen LogP contribution in [-0.4, -0.2) is 73.7 Å². The number of piperidine rings is 1. The Morgan fingerprint density at radius 1 is 0.759 bits per heavy atom. The molecule has 0 bridgehead atoms. The van der Waals surface area contributed by atoms with E-state index in [9.17, 15) is 13.2 Å². The molecule has 0 unspecified atom stereocenters. The van der Waals surface area contributed by atoms with Crippen molar-refractivity contribution in [1.82, 2.24) is 14.1 Å². The van der Waals surface area contributed by atoms with Gasteiger partial charge in [0.2, 0.25) is 10.0 Å². The molecule has 1 amide bonds. The van der Waals surface area contributed by atoms with Gasteiger partial charge in [0.1, 0.15) is 0 Å². The van der Waals surface area contributed by atoms with Crippen LogP contribution in [0.2, 0.25) is 0 Å². The van der Waals surface area contributed by atoms with Crippen LogP contribution in [-0.2, 0) is 10.0 Å². The summed E-state index contributed by atoms with van der Waals surface area (Å²) >= 11 is 0. The Hall–Kier alpha value is -1.44. The van der Waals surface area contributed by atoms with Crippen molar-refractivity contribution in [1.29, 1.82) is 0 Å². The van der Waals surface area contributed by atoms with Crippen molar-refractivity contribution in [2.24, 2.45) is 0 Å². The fourth-order valence-corrected chi connectivity index (χ4v) is 6.44. The topological polar surface area (TPSA) is 60.9 Å². The number of hydrogen-bond donors (Lipinski definition) is 0. The van der Waals surface area contributed by atoms with Crippen molar-refractivity contribution in [3.8, 4) is 0 Å². The predicted molar refractivity (Wildman–Crippen MR) is 113 cm³/mol. The lowest BCUT2D eigenvalue weighted by atomic mass is 10.0. The molecule has 0 atom stereocenters. The summed E-state index contributed by atoms with van der Waals surface area (Å²) in [5.41, 5.74) is 0.583. The van der Waals surface area contributed by atoms with Gasteiger partial charge >= 0.3 is 0 Å². The number of nitrogens with zero attached hydrogens (tertiary/aromatic N) is 3. The first kappa shape index (κ1) is 20.8. The first-order valence-electron chi connectivity index (χ1n) is 11.2. The first-order chi connectivity index (χ1) is 14.1. The average Bonchev–Trinajstić information content (AvgIpc) is 3.15. The van der Waals surface area contributed by atoms with E-state index in [0.717, 1.165) is 51.6 Å². The van der Waals surface area contributed by atoms with E-state index in [0.29, 0.717) is 29.6 Å². The zero-order chi connectivity index (χ0) is 20.3. The predicted octanol–water partition coefficient (Wildman–Crippen LogP) is 2.95. The van der Waals surface area contributed by atoms with Gasteiger partial charge in [-0.1, -0.05) is 12.8 Å². The number of rotatable bonds is 4. The maximum atomic E-state index is 12.9. The molecule has 0 N–H and O–H groups in total. The van der Waals surface area contributed by atoms with E-state index >= 15 is 0 Å². The van der Waals surface area contributed by atoms with Gasteiger partial charge in [0, 0.05) is 37.8 Å². The second-order valence-electron chi connectivity index (χ2n) is 8.61. The van der Waals surface area contributed by atoms with Crippen LogP contribution in [0.25, 0.3) is 0 Å². The molecule has 1 aromatic carbocycles. The molecule has 0 spiro atoms. The highest BCUT2D eigenvalue weighted by atomic mass is 32.2. The maximum Gasteiger partial charge on any atom is 0.253 e. The maximum absolute atomic E-state index is 12.9. The first-order valence-corrected chi connectivity index (χ1v) is 12.6. The van der Waals surface area contributed by atoms with Crippen molar-refractivity contribution in [3.63, 3.8) is 0 Å². The monoisotopic (exact) mass is 419 g/mol. The van der Waals surface area contributed by atoms with Crippen LogP contribution in [0.1, 0.15) is 61.7 Å². The standard InChI is InChI=1S/C22H33N3O3S/c26-22(24-17-11-20(12-18-24)23-13-5-6-14-23)19-7-9-21(10-8-19)29(27,28)25-15-3-1-2-4-16-25/h7-10,20H,1-6,11-18H2. The number of sulfonamides is 1. The summed E-state index contributed by atoms with van der Waals surface area (Å²) in [6, 6.07) is 7.18. The minimum atomic E-state index is -3.47. The van der Waals surface area contributed by atoms with Gasteiger partial charge in [0.05, 0.1) is 4.90 Å². The molecule has 0 saturated carbocycles. The molecule has 0 aromatic heterocycles. The zero-order valence-corrected chi connectivity index (χ0v) is 18.1. The highest BCUT2D eigenvalue weighted by Gasteiger charge is 2.29. The van der Waals surface area contributed by atoms with Gasteiger partial charge in [-0.15, -0.1) is 0 Å². The lowest BCUT2D eigenvalue weighted by Crippen LogP contribution is -2.45. The fraction of sp³-hybridized carbons (Fsp3) is 0.682. The summed E-state index contributed by atoms with van der Waals surface area (Å²) < 4.78 is 27.4. The molecule has 3 fully saturated rings. The van der Waals surface area contributed by atoms with Crippen molar-refractivity contribution in [2.75, 3.05) is 39.3 Å². The minimum Gasteiger partial charge on any atom is -0.339 e. The molecule has 4 rings (SSSR count). The summed E-state index contributed by atoms with van der Waals surface area (Å²) in [4.78, 5) is 17.7. The molecule has 3 aliphatic rings. The van der Waals surface area contributed by atoms with Crippen LogP contribution in [0, 0.1) is 0 Å². The number of carbonyl (C=O) groups excluding carboxylic acids is 1. The highest BCUT2D eigenvalue weighted by molar-refractivity contribution is 7.89. The van der Waals surface area contributed by atoms with Crippen molar-refractivity contribution < 1.29 is 13.2 Å². The van der Waals surface area contributed by atoms with Gasteiger partial charge in [0.15, 0.2) is 0 Å². The number of likely N-dealkylation sites (tertiary alicyclic amines) is 2. The Labute approximate surface area is 174 Å². The number of carbonyl (C=O) groups is 1. The number of benzene rings is 1. The van der Waals surface area contributed by atoms with Gasteiger partial charge in [-0.25, -0.2) is 8.42 Å². The smallest absolute Gasteiger partial charge is 0.253 e. The molecule has 3 aliphatic heterocycles. The summed E-state index contributed by atoms with van der Waals surface area (Å²) in [7, 11) is -3.47. The third-order valence-electron chi connectivity index (χ3n) is 6.71. The Bertz CT molecular complexity index is 787. The van der Waals surface area contributed by atoms with Crippen LogP contribution >= 0.6 is 0 Å². The van der Waals surface area contributed by atoms with Gasteiger partial charge < -0.3 is 9.80 Å². The summed E-state index contributed by atoms with van der Waals surface area (Å²) in [5, 5.41) is 0. The average molecular weight is 420 g/mol. The number of hydrogen-bond acceptors (Lipinski definition) is 4. The third-order valence-corrected chi connectivity index (χ3v) is 8.63.